The van der Waals surface area contributed by atoms with Crippen LogP contribution in [-0.4, -0.2) is 40.5 Å². The Balaban J connectivity index is 1.53. The summed E-state index contributed by atoms with van der Waals surface area (Å²) in [6, 6.07) is 19.1. The van der Waals surface area contributed by atoms with E-state index in [4.69, 9.17) is 30.5 Å². The second-order valence-corrected chi connectivity index (χ2v) is 11.1. The Morgan fingerprint density at radius 1 is 0.895 bits per heavy atom. The first-order valence-corrected chi connectivity index (χ1v) is 14.8. The van der Waals surface area contributed by atoms with Crippen molar-refractivity contribution in [2.75, 3.05) is 26.1 Å². The molecule has 0 bridgehead atoms. The van der Waals surface area contributed by atoms with E-state index in [1.54, 1.807) is 37.3 Å². The van der Waals surface area contributed by atoms with E-state index >= 15 is 0 Å². The van der Waals surface area contributed by atoms with Crippen LogP contribution >= 0.6 is 11.6 Å². The largest absolute Gasteiger partial charge is 0.493 e. The summed E-state index contributed by atoms with van der Waals surface area (Å²) in [4.78, 5) is 12.1. The third kappa shape index (κ3) is 8.67. The summed E-state index contributed by atoms with van der Waals surface area (Å²) in [6.45, 7) is 5.00. The number of rotatable bonds is 14. The highest BCUT2D eigenvalue weighted by Crippen LogP contribution is 2.30. The van der Waals surface area contributed by atoms with Gasteiger partial charge in [0.25, 0.3) is 0 Å². The summed E-state index contributed by atoms with van der Waals surface area (Å²) in [6.07, 6.45) is 3.59. The SMILES string of the molecule is CCCc1cc(Oc2ccc(S(C)(=O)=O)cc2)ccc1OCCCOc1cccc(C(Cl)C(=O)OCC)c1. The van der Waals surface area contributed by atoms with E-state index < -0.39 is 21.2 Å². The zero-order chi connectivity index (χ0) is 27.5. The van der Waals surface area contributed by atoms with Crippen molar-refractivity contribution in [2.45, 2.75) is 43.4 Å². The van der Waals surface area contributed by atoms with Crippen molar-refractivity contribution in [3.8, 4) is 23.0 Å². The zero-order valence-corrected chi connectivity index (χ0v) is 23.4. The molecule has 1 unspecified atom stereocenters. The molecule has 0 N–H and O–H groups in total. The van der Waals surface area contributed by atoms with Crippen LogP contribution < -0.4 is 14.2 Å². The molecule has 7 nitrogen and oxygen atoms in total. The van der Waals surface area contributed by atoms with E-state index in [1.807, 2.05) is 24.3 Å². The number of esters is 1. The van der Waals surface area contributed by atoms with Gasteiger partial charge in [0.15, 0.2) is 15.2 Å². The minimum atomic E-state index is -3.26. The topological polar surface area (TPSA) is 88.1 Å². The van der Waals surface area contributed by atoms with Crippen LogP contribution in [-0.2, 0) is 25.8 Å². The van der Waals surface area contributed by atoms with Gasteiger partial charge in [-0.15, -0.1) is 11.6 Å². The molecule has 204 valence electrons. The number of hydrogen-bond acceptors (Lipinski definition) is 7. The minimum absolute atomic E-state index is 0.247. The molecule has 3 aromatic rings. The fraction of sp³-hybridized carbons (Fsp3) is 0.345. The van der Waals surface area contributed by atoms with Crippen molar-refractivity contribution in [3.63, 3.8) is 0 Å². The molecule has 0 saturated carbocycles. The van der Waals surface area contributed by atoms with Crippen molar-refractivity contribution < 1.29 is 32.2 Å². The van der Waals surface area contributed by atoms with Crippen molar-refractivity contribution in [1.29, 1.82) is 0 Å². The highest BCUT2D eigenvalue weighted by atomic mass is 35.5. The molecule has 0 radical (unpaired) electrons. The predicted molar refractivity (Wildman–Crippen MR) is 147 cm³/mol. The van der Waals surface area contributed by atoms with Gasteiger partial charge in [-0.05, 0) is 79.1 Å². The van der Waals surface area contributed by atoms with E-state index in [2.05, 4.69) is 6.92 Å². The lowest BCUT2D eigenvalue weighted by molar-refractivity contribution is -0.142. The minimum Gasteiger partial charge on any atom is -0.493 e. The molecule has 0 heterocycles. The maximum absolute atomic E-state index is 11.9. The Morgan fingerprint density at radius 2 is 1.61 bits per heavy atom. The summed E-state index contributed by atoms with van der Waals surface area (Å²) in [5.41, 5.74) is 1.65. The van der Waals surface area contributed by atoms with Crippen molar-refractivity contribution in [1.82, 2.24) is 0 Å². The van der Waals surface area contributed by atoms with E-state index in [1.165, 1.54) is 18.4 Å². The van der Waals surface area contributed by atoms with Crippen LogP contribution in [0.15, 0.2) is 71.6 Å². The molecule has 0 aliphatic rings. The Labute approximate surface area is 229 Å². The van der Waals surface area contributed by atoms with Crippen LogP contribution in [0.1, 0.15) is 43.2 Å². The third-order valence-electron chi connectivity index (χ3n) is 5.50. The Kier molecular flexibility index (Phi) is 10.9. The quantitative estimate of drug-likeness (QED) is 0.126. The molecule has 1 atom stereocenters. The lowest BCUT2D eigenvalue weighted by atomic mass is 10.1. The van der Waals surface area contributed by atoms with E-state index in [9.17, 15) is 13.2 Å². The number of sulfone groups is 1. The average Bonchev–Trinajstić information content (AvgIpc) is 2.89. The molecule has 38 heavy (non-hydrogen) atoms. The van der Waals surface area contributed by atoms with Gasteiger partial charge in [0, 0.05) is 12.7 Å². The molecule has 3 rings (SSSR count). The smallest absolute Gasteiger partial charge is 0.328 e. The van der Waals surface area contributed by atoms with Crippen LogP contribution in [0.2, 0.25) is 0 Å². The van der Waals surface area contributed by atoms with Crippen LogP contribution in [0.5, 0.6) is 23.0 Å². The predicted octanol–water partition coefficient (Wildman–Crippen LogP) is 6.53. The fourth-order valence-corrected chi connectivity index (χ4v) is 4.49. The molecule has 0 aliphatic carbocycles. The number of ether oxygens (including phenoxy) is 4. The van der Waals surface area contributed by atoms with Crippen molar-refractivity contribution >= 4 is 27.4 Å². The zero-order valence-electron chi connectivity index (χ0n) is 21.8. The number of aryl methyl sites for hydroxylation is 1. The Hall–Kier alpha value is -3.23. The van der Waals surface area contributed by atoms with Crippen LogP contribution in [0.3, 0.4) is 0 Å². The van der Waals surface area contributed by atoms with Crippen LogP contribution in [0, 0.1) is 0 Å². The monoisotopic (exact) mass is 560 g/mol. The maximum atomic E-state index is 11.9. The van der Waals surface area contributed by atoms with Gasteiger partial charge in [-0.2, -0.15) is 0 Å². The number of alkyl halides is 1. The Bertz CT molecular complexity index is 1310. The second-order valence-electron chi connectivity index (χ2n) is 8.60. The highest BCUT2D eigenvalue weighted by Gasteiger charge is 2.19. The van der Waals surface area contributed by atoms with Gasteiger partial charge in [0.2, 0.25) is 0 Å². The van der Waals surface area contributed by atoms with Gasteiger partial charge in [0.1, 0.15) is 23.0 Å². The van der Waals surface area contributed by atoms with Crippen LogP contribution in [0.4, 0.5) is 0 Å². The molecule has 0 saturated heterocycles. The molecule has 0 aromatic heterocycles. The summed E-state index contributed by atoms with van der Waals surface area (Å²) in [5.74, 6) is 2.13. The number of carbonyl (C=O) groups excluding carboxylic acids is 1. The first-order valence-electron chi connectivity index (χ1n) is 12.5. The molecule has 0 spiro atoms. The number of benzene rings is 3. The molecule has 9 heteroatoms. The lowest BCUT2D eigenvalue weighted by Gasteiger charge is -2.14. The second kappa shape index (κ2) is 14.1. The summed E-state index contributed by atoms with van der Waals surface area (Å²) in [5, 5.41) is -0.877. The van der Waals surface area contributed by atoms with Gasteiger partial charge in [0.05, 0.1) is 24.7 Å². The summed E-state index contributed by atoms with van der Waals surface area (Å²) >= 11 is 6.20. The molecule has 0 aliphatic heterocycles. The molecule has 0 fully saturated rings. The lowest BCUT2D eigenvalue weighted by Crippen LogP contribution is -2.11. The van der Waals surface area contributed by atoms with Crippen LogP contribution in [0.25, 0.3) is 0 Å². The highest BCUT2D eigenvalue weighted by molar-refractivity contribution is 7.90. The van der Waals surface area contributed by atoms with Gasteiger partial charge in [-0.3, -0.25) is 4.79 Å². The van der Waals surface area contributed by atoms with Gasteiger partial charge < -0.3 is 18.9 Å². The third-order valence-corrected chi connectivity index (χ3v) is 7.06. The molecular formula is C29H33ClO7S. The molecule has 0 amide bonds. The fourth-order valence-electron chi connectivity index (χ4n) is 3.66. The molecule has 3 aromatic carbocycles. The van der Waals surface area contributed by atoms with Crippen molar-refractivity contribution in [3.05, 3.63) is 77.9 Å². The molecular weight excluding hydrogens is 528 g/mol. The van der Waals surface area contributed by atoms with Gasteiger partial charge in [-0.1, -0.05) is 25.5 Å². The summed E-state index contributed by atoms with van der Waals surface area (Å²) < 4.78 is 46.0. The Morgan fingerprint density at radius 3 is 2.29 bits per heavy atom. The van der Waals surface area contributed by atoms with Gasteiger partial charge >= 0.3 is 5.97 Å². The van der Waals surface area contributed by atoms with E-state index in [0.29, 0.717) is 42.4 Å². The van der Waals surface area contributed by atoms with E-state index in [0.717, 1.165) is 24.2 Å². The summed E-state index contributed by atoms with van der Waals surface area (Å²) in [7, 11) is -3.26. The van der Waals surface area contributed by atoms with E-state index in [-0.39, 0.29) is 11.5 Å². The van der Waals surface area contributed by atoms with Gasteiger partial charge in [-0.25, -0.2) is 8.42 Å². The number of hydrogen-bond donors (Lipinski definition) is 0. The normalized spacial score (nSPS) is 12.0. The average molecular weight is 561 g/mol. The maximum Gasteiger partial charge on any atom is 0.328 e. The van der Waals surface area contributed by atoms with Crippen molar-refractivity contribution in [2.24, 2.45) is 0 Å². The number of carbonyl (C=O) groups is 1. The standard InChI is InChI=1S/C29H33ClO7S/c1-4-8-21-19-25(37-23-11-14-26(15-12-23)38(3,32)33)13-16-27(21)36-18-7-17-35-24-10-6-9-22(20-24)28(30)29(31)34-5-2/h6,9-16,19-20,28H,4-5,7-8,17-18H2,1-3H3. The first-order chi connectivity index (χ1) is 18.2. The first kappa shape index (κ1) is 29.3. The number of halogens is 1.